The first-order chi connectivity index (χ1) is 6.42. The van der Waals surface area contributed by atoms with Gasteiger partial charge in [-0.25, -0.2) is 0 Å². The minimum absolute atomic E-state index is 0.0841. The van der Waals surface area contributed by atoms with Gasteiger partial charge in [0.2, 0.25) is 0 Å². The van der Waals surface area contributed by atoms with Gasteiger partial charge in [0.05, 0.1) is 0 Å². The molecule has 0 saturated heterocycles. The molecule has 4 nitrogen and oxygen atoms in total. The van der Waals surface area contributed by atoms with Crippen molar-refractivity contribution in [2.45, 2.75) is 32.6 Å². The normalized spacial score (nSPS) is 27.1. The molecule has 0 bridgehead atoms. The maximum absolute atomic E-state index is 11.3. The molecule has 1 saturated carbocycles. The Morgan fingerprint density at radius 1 is 1.43 bits per heavy atom. The Morgan fingerprint density at radius 2 is 2.00 bits per heavy atom. The van der Waals surface area contributed by atoms with Gasteiger partial charge in [0, 0.05) is 5.92 Å². The maximum Gasteiger partial charge on any atom is 0.332 e. The van der Waals surface area contributed by atoms with Crippen molar-refractivity contribution in [3.05, 3.63) is 0 Å². The number of carbonyl (C=O) groups excluding carboxylic acids is 1. The summed E-state index contributed by atoms with van der Waals surface area (Å²) in [7, 11) is -4.14. The number of Topliss-reactive ketones (excluding diaryl/α,β-unsaturated/α-hetero) is 1. The molecule has 14 heavy (non-hydrogen) atoms. The minimum atomic E-state index is -4.14. The SMILES string of the molecule is CCCC1CC(C(=O)CP(=O)(O)O)C1. The smallest absolute Gasteiger partial charge is 0.324 e. The Bertz CT molecular complexity index is 252. The molecule has 5 heteroatoms. The number of rotatable bonds is 5. The van der Waals surface area contributed by atoms with Crippen molar-refractivity contribution in [3.63, 3.8) is 0 Å². The van der Waals surface area contributed by atoms with Gasteiger partial charge in [-0.15, -0.1) is 0 Å². The summed E-state index contributed by atoms with van der Waals surface area (Å²) >= 11 is 0. The van der Waals surface area contributed by atoms with Crippen LogP contribution in [0.3, 0.4) is 0 Å². The van der Waals surface area contributed by atoms with E-state index in [1.54, 1.807) is 0 Å². The predicted molar refractivity (Wildman–Crippen MR) is 53.0 cm³/mol. The first-order valence-corrected chi connectivity index (χ1v) is 6.79. The molecule has 0 aliphatic heterocycles. The zero-order chi connectivity index (χ0) is 10.8. The van der Waals surface area contributed by atoms with Crippen molar-refractivity contribution in [1.82, 2.24) is 0 Å². The molecule has 0 spiro atoms. The third-order valence-electron chi connectivity index (χ3n) is 2.75. The van der Waals surface area contributed by atoms with E-state index in [2.05, 4.69) is 6.92 Å². The summed E-state index contributed by atoms with van der Waals surface area (Å²) < 4.78 is 10.6. The molecule has 0 heterocycles. The molecule has 2 N–H and O–H groups in total. The van der Waals surface area contributed by atoms with Crippen LogP contribution in [0.15, 0.2) is 0 Å². The second kappa shape index (κ2) is 4.56. The van der Waals surface area contributed by atoms with Crippen molar-refractivity contribution < 1.29 is 19.1 Å². The average Bonchev–Trinajstić information content (AvgIpc) is 1.91. The van der Waals surface area contributed by atoms with Crippen LogP contribution in [-0.4, -0.2) is 21.7 Å². The number of hydrogen-bond acceptors (Lipinski definition) is 2. The Morgan fingerprint density at radius 3 is 2.43 bits per heavy atom. The van der Waals surface area contributed by atoms with Crippen molar-refractivity contribution >= 4 is 13.4 Å². The Kier molecular flexibility index (Phi) is 3.87. The van der Waals surface area contributed by atoms with Crippen LogP contribution in [-0.2, 0) is 9.36 Å². The lowest BCUT2D eigenvalue weighted by atomic mass is 9.71. The molecular weight excluding hydrogens is 203 g/mol. The lowest BCUT2D eigenvalue weighted by Gasteiger charge is -2.34. The monoisotopic (exact) mass is 220 g/mol. The molecule has 0 aromatic carbocycles. The van der Waals surface area contributed by atoms with Crippen LogP contribution < -0.4 is 0 Å². The van der Waals surface area contributed by atoms with Crippen LogP contribution in [0.25, 0.3) is 0 Å². The second-order valence-corrected chi connectivity index (χ2v) is 5.76. The van der Waals surface area contributed by atoms with Crippen LogP contribution >= 0.6 is 7.60 Å². The summed E-state index contributed by atoms with van der Waals surface area (Å²) in [5, 5.41) is 0. The first kappa shape index (κ1) is 11.9. The molecular formula is C9H17O4P. The Labute approximate surface area is 83.9 Å². The average molecular weight is 220 g/mol. The topological polar surface area (TPSA) is 74.6 Å². The zero-order valence-electron chi connectivity index (χ0n) is 8.35. The molecule has 82 valence electrons. The quantitative estimate of drug-likeness (QED) is 0.689. The fourth-order valence-electron chi connectivity index (χ4n) is 1.97. The van der Waals surface area contributed by atoms with Crippen molar-refractivity contribution in [2.75, 3.05) is 6.16 Å². The molecule has 0 unspecified atom stereocenters. The van der Waals surface area contributed by atoms with Crippen LogP contribution in [0.5, 0.6) is 0 Å². The minimum Gasteiger partial charge on any atom is -0.324 e. The summed E-state index contributed by atoms with van der Waals surface area (Å²) in [5.74, 6) is 0.260. The van der Waals surface area contributed by atoms with Crippen LogP contribution in [0.2, 0.25) is 0 Å². The van der Waals surface area contributed by atoms with E-state index in [9.17, 15) is 9.36 Å². The van der Waals surface area contributed by atoms with E-state index in [0.717, 1.165) is 25.7 Å². The van der Waals surface area contributed by atoms with Gasteiger partial charge in [0.25, 0.3) is 0 Å². The van der Waals surface area contributed by atoms with E-state index in [4.69, 9.17) is 9.79 Å². The van der Waals surface area contributed by atoms with Gasteiger partial charge in [-0.3, -0.25) is 9.36 Å². The molecule has 0 amide bonds. The number of hydrogen-bond donors (Lipinski definition) is 2. The first-order valence-electron chi connectivity index (χ1n) is 4.99. The van der Waals surface area contributed by atoms with Gasteiger partial charge in [0.15, 0.2) is 0 Å². The van der Waals surface area contributed by atoms with Gasteiger partial charge in [-0.05, 0) is 18.8 Å². The van der Waals surface area contributed by atoms with Gasteiger partial charge in [0.1, 0.15) is 11.9 Å². The maximum atomic E-state index is 11.3. The fraction of sp³-hybridized carbons (Fsp3) is 0.889. The van der Waals surface area contributed by atoms with Crippen molar-refractivity contribution in [2.24, 2.45) is 11.8 Å². The van der Waals surface area contributed by atoms with Crippen molar-refractivity contribution in [1.29, 1.82) is 0 Å². The highest BCUT2D eigenvalue weighted by Gasteiger charge is 2.35. The largest absolute Gasteiger partial charge is 0.332 e. The Hall–Kier alpha value is -0.180. The van der Waals surface area contributed by atoms with E-state index in [1.165, 1.54) is 0 Å². The lowest BCUT2D eigenvalue weighted by molar-refractivity contribution is -0.124. The summed E-state index contributed by atoms with van der Waals surface area (Å²) in [6.45, 7) is 2.10. The second-order valence-electron chi connectivity index (χ2n) is 4.11. The summed E-state index contributed by atoms with van der Waals surface area (Å²) in [6, 6.07) is 0. The van der Waals surface area contributed by atoms with Crippen molar-refractivity contribution in [3.8, 4) is 0 Å². The van der Waals surface area contributed by atoms with Gasteiger partial charge < -0.3 is 9.79 Å². The van der Waals surface area contributed by atoms with Crippen LogP contribution in [0, 0.1) is 11.8 Å². The molecule has 1 rings (SSSR count). The predicted octanol–water partition coefficient (Wildman–Crippen LogP) is 1.56. The van der Waals surface area contributed by atoms with Gasteiger partial charge in [-0.1, -0.05) is 19.8 Å². The molecule has 0 aromatic rings. The molecule has 1 fully saturated rings. The van der Waals surface area contributed by atoms with E-state index in [0.29, 0.717) is 5.92 Å². The van der Waals surface area contributed by atoms with E-state index in [1.807, 2.05) is 0 Å². The third kappa shape index (κ3) is 3.52. The van der Waals surface area contributed by atoms with E-state index >= 15 is 0 Å². The highest BCUT2D eigenvalue weighted by molar-refractivity contribution is 7.52. The van der Waals surface area contributed by atoms with E-state index in [-0.39, 0.29) is 11.7 Å². The summed E-state index contributed by atoms with van der Waals surface area (Å²) in [4.78, 5) is 28.5. The van der Waals surface area contributed by atoms with Crippen LogP contribution in [0.1, 0.15) is 32.6 Å². The Balaban J connectivity index is 2.26. The fourth-order valence-corrected chi connectivity index (χ4v) is 2.64. The lowest BCUT2D eigenvalue weighted by Crippen LogP contribution is -2.32. The molecule has 0 radical (unpaired) electrons. The van der Waals surface area contributed by atoms with Gasteiger partial charge >= 0.3 is 7.60 Å². The number of ketones is 1. The molecule has 0 atom stereocenters. The zero-order valence-corrected chi connectivity index (χ0v) is 9.24. The highest BCUT2D eigenvalue weighted by Crippen LogP contribution is 2.41. The molecule has 1 aliphatic carbocycles. The third-order valence-corrected chi connectivity index (χ3v) is 3.47. The van der Waals surface area contributed by atoms with E-state index < -0.39 is 13.8 Å². The number of carbonyl (C=O) groups is 1. The molecule has 1 aliphatic rings. The standard InChI is InChI=1S/C9H17O4P/c1-2-3-7-4-8(5-7)9(10)6-14(11,12)13/h7-8H,2-6H2,1H3,(H2,11,12,13). The highest BCUT2D eigenvalue weighted by atomic mass is 31.2. The van der Waals surface area contributed by atoms with Crippen LogP contribution in [0.4, 0.5) is 0 Å². The molecule has 0 aromatic heterocycles. The van der Waals surface area contributed by atoms with Gasteiger partial charge in [-0.2, -0.15) is 0 Å². The summed E-state index contributed by atoms with van der Waals surface area (Å²) in [6.07, 6.45) is 3.32. The summed E-state index contributed by atoms with van der Waals surface area (Å²) in [5.41, 5.74) is 0.